The molecule has 2 aliphatic heterocycles. The Balaban J connectivity index is 1.43. The van der Waals surface area contributed by atoms with Gasteiger partial charge < -0.3 is 9.84 Å². The van der Waals surface area contributed by atoms with Gasteiger partial charge in [0.1, 0.15) is 5.82 Å². The highest BCUT2D eigenvalue weighted by Gasteiger charge is 2.77. The fourth-order valence-electron chi connectivity index (χ4n) is 7.72. The smallest absolute Gasteiger partial charge is 0.271 e. The summed E-state index contributed by atoms with van der Waals surface area (Å²) in [4.78, 5) is 65.3. The predicted molar refractivity (Wildman–Crippen MR) is 182 cm³/mol. The van der Waals surface area contributed by atoms with Crippen LogP contribution in [0.2, 0.25) is 0 Å². The summed E-state index contributed by atoms with van der Waals surface area (Å²) in [6.45, 7) is 0. The van der Waals surface area contributed by atoms with Crippen LogP contribution in [0.3, 0.4) is 0 Å². The van der Waals surface area contributed by atoms with Gasteiger partial charge in [0.25, 0.3) is 17.5 Å². The molecule has 2 aliphatic carbocycles. The van der Waals surface area contributed by atoms with E-state index in [1.807, 2.05) is 0 Å². The Morgan fingerprint density at radius 1 is 0.959 bits per heavy atom. The van der Waals surface area contributed by atoms with Crippen LogP contribution < -0.4 is 14.5 Å². The van der Waals surface area contributed by atoms with Crippen LogP contribution in [0.5, 0.6) is 11.5 Å². The van der Waals surface area contributed by atoms with Crippen molar-refractivity contribution in [2.45, 2.75) is 28.5 Å². The number of methoxy groups -OCH3 is 1. The lowest BCUT2D eigenvalue weighted by Crippen LogP contribution is -2.60. The summed E-state index contributed by atoms with van der Waals surface area (Å²) in [6, 6.07) is 11.2. The maximum atomic E-state index is 14.6. The van der Waals surface area contributed by atoms with Crippen molar-refractivity contribution >= 4 is 95.8 Å². The molecule has 0 aromatic heterocycles. The lowest BCUT2D eigenvalue weighted by atomic mass is 9.56. The van der Waals surface area contributed by atoms with Gasteiger partial charge >= 0.3 is 0 Å². The molecule has 2 saturated heterocycles. The van der Waals surface area contributed by atoms with Crippen molar-refractivity contribution in [3.8, 4) is 11.5 Å². The average Bonchev–Trinajstić information content (AvgIpc) is 3.42. The number of aromatic hydroxyl groups is 1. The van der Waals surface area contributed by atoms with Crippen molar-refractivity contribution in [1.82, 2.24) is 0 Å². The number of carbonyl (C=O) groups is 4. The molecule has 3 aromatic carbocycles. The van der Waals surface area contributed by atoms with E-state index in [0.29, 0.717) is 5.57 Å². The molecule has 11 nitrogen and oxygen atoms in total. The van der Waals surface area contributed by atoms with Gasteiger partial charge in [-0.25, -0.2) is 14.2 Å². The molecule has 16 heteroatoms. The Labute approximate surface area is 304 Å². The molecule has 252 valence electrons. The van der Waals surface area contributed by atoms with Crippen molar-refractivity contribution in [2.75, 3.05) is 16.9 Å². The first-order valence-electron chi connectivity index (χ1n) is 14.8. The largest absolute Gasteiger partial charge is 0.503 e. The number of halogens is 5. The van der Waals surface area contributed by atoms with Crippen LogP contribution in [-0.4, -0.2) is 50.5 Å². The first-order chi connectivity index (χ1) is 23.2. The molecule has 4 aliphatic rings. The molecule has 6 unspecified atom stereocenters. The fraction of sp³-hybridized carbons (Fsp3) is 0.273. The maximum absolute atomic E-state index is 14.6. The number of ether oxygens (including phenoxy) is 1. The minimum atomic E-state index is -2.23. The summed E-state index contributed by atoms with van der Waals surface area (Å²) < 4.78 is 19.7. The van der Waals surface area contributed by atoms with E-state index < -0.39 is 67.8 Å². The van der Waals surface area contributed by atoms with Gasteiger partial charge in [-0.15, -0.1) is 23.2 Å². The van der Waals surface area contributed by atoms with E-state index in [9.17, 15) is 38.8 Å². The number of benzene rings is 3. The van der Waals surface area contributed by atoms with Crippen molar-refractivity contribution in [3.05, 3.63) is 96.7 Å². The minimum absolute atomic E-state index is 0.00180. The summed E-state index contributed by atoms with van der Waals surface area (Å²) in [5, 5.41) is 22.3. The number of fused-ring (bicyclic) bond motifs is 4. The lowest BCUT2D eigenvalue weighted by Gasteiger charge is -2.51. The Kier molecular flexibility index (Phi) is 7.97. The summed E-state index contributed by atoms with van der Waals surface area (Å²) in [6.07, 6.45) is 1.43. The van der Waals surface area contributed by atoms with Crippen molar-refractivity contribution in [3.63, 3.8) is 0 Å². The number of nitro groups is 1. The van der Waals surface area contributed by atoms with Gasteiger partial charge in [-0.1, -0.05) is 17.7 Å². The van der Waals surface area contributed by atoms with Gasteiger partial charge in [0.05, 0.1) is 39.7 Å². The Morgan fingerprint density at radius 2 is 1.65 bits per heavy atom. The second-order valence-corrected chi connectivity index (χ2v) is 15.0. The second kappa shape index (κ2) is 11.6. The second-order valence-electron chi connectivity index (χ2n) is 12.2. The summed E-state index contributed by atoms with van der Waals surface area (Å²) >= 11 is 21.7. The Bertz CT molecular complexity index is 2070. The zero-order valence-corrected chi connectivity index (χ0v) is 29.7. The monoisotopic (exact) mass is 835 g/mol. The first kappa shape index (κ1) is 33.6. The molecule has 0 bridgehead atoms. The minimum Gasteiger partial charge on any atom is -0.503 e. The molecule has 0 spiro atoms. The number of rotatable bonds is 5. The molecule has 49 heavy (non-hydrogen) atoms. The molecule has 6 atom stereocenters. The van der Waals surface area contributed by atoms with E-state index in [4.69, 9.17) is 27.9 Å². The molecular weight excluding hydrogens is 816 g/mol. The van der Waals surface area contributed by atoms with Crippen molar-refractivity contribution in [1.29, 1.82) is 0 Å². The number of anilines is 2. The van der Waals surface area contributed by atoms with E-state index in [1.165, 1.54) is 43.5 Å². The van der Waals surface area contributed by atoms with Crippen molar-refractivity contribution < 1.29 is 38.3 Å². The van der Waals surface area contributed by atoms with Gasteiger partial charge in [-0.2, -0.15) is 0 Å². The molecule has 0 radical (unpaired) electrons. The molecular formula is C33H22Br2Cl2FN3O8. The van der Waals surface area contributed by atoms with E-state index in [0.717, 1.165) is 28.0 Å². The van der Waals surface area contributed by atoms with Gasteiger partial charge in [-0.05, 0) is 92.6 Å². The van der Waals surface area contributed by atoms with Crippen LogP contribution in [-0.2, 0) is 19.2 Å². The normalized spacial score (nSPS) is 29.1. The van der Waals surface area contributed by atoms with Gasteiger partial charge in [0, 0.05) is 22.5 Å². The molecule has 4 amide bonds. The number of phenols is 1. The first-order valence-corrected chi connectivity index (χ1v) is 17.1. The number of hydrogen-bond donors (Lipinski definition) is 1. The molecule has 7 rings (SSSR count). The molecule has 3 fully saturated rings. The number of carbonyl (C=O) groups excluding carboxylic acids is 4. The van der Waals surface area contributed by atoms with Gasteiger partial charge in [0.2, 0.25) is 11.8 Å². The third-order valence-electron chi connectivity index (χ3n) is 9.90. The number of nitro benzene ring substituents is 1. The summed E-state index contributed by atoms with van der Waals surface area (Å²) in [7, 11) is 1.32. The Morgan fingerprint density at radius 3 is 2.31 bits per heavy atom. The maximum Gasteiger partial charge on any atom is 0.271 e. The van der Waals surface area contributed by atoms with Crippen LogP contribution >= 0.6 is 55.1 Å². The molecule has 1 saturated carbocycles. The van der Waals surface area contributed by atoms with E-state index in [1.54, 1.807) is 6.08 Å². The lowest BCUT2D eigenvalue weighted by molar-refractivity contribution is -0.384. The third kappa shape index (κ3) is 4.56. The highest BCUT2D eigenvalue weighted by molar-refractivity contribution is 9.13. The van der Waals surface area contributed by atoms with E-state index in [2.05, 4.69) is 31.9 Å². The number of amides is 4. The third-order valence-corrected chi connectivity index (χ3v) is 13.5. The number of allylic oxidation sites excluding steroid dienone is 2. The number of alkyl halides is 2. The van der Waals surface area contributed by atoms with Gasteiger partial charge in [0.15, 0.2) is 21.2 Å². The average molecular weight is 838 g/mol. The van der Waals surface area contributed by atoms with Crippen LogP contribution in [0.1, 0.15) is 24.3 Å². The van der Waals surface area contributed by atoms with Crippen LogP contribution in [0.4, 0.5) is 21.5 Å². The SMILES string of the molecule is COc1cc(C2C3=CCC4C(=O)N(c5cccc([N+](=O)[O-])c5)C(=O)C4C3CC3(Cl)C(=O)N(c4ccc(F)cc4)C(=O)C23Cl)c(Br)c(Br)c1O. The van der Waals surface area contributed by atoms with E-state index in [-0.39, 0.29) is 55.9 Å². The summed E-state index contributed by atoms with van der Waals surface area (Å²) in [5.41, 5.74) is 0.461. The fourth-order valence-corrected chi connectivity index (χ4v) is 9.60. The molecule has 2 heterocycles. The topological polar surface area (TPSA) is 147 Å². The number of imide groups is 2. The Hall–Kier alpha value is -3.85. The highest BCUT2D eigenvalue weighted by atomic mass is 79.9. The number of phenolic OH excluding ortho intramolecular Hbond substituents is 1. The number of hydrogen-bond acceptors (Lipinski definition) is 8. The molecule has 3 aromatic rings. The molecule has 1 N–H and O–H groups in total. The number of non-ortho nitro benzene ring substituents is 1. The highest BCUT2D eigenvalue weighted by Crippen LogP contribution is 2.67. The zero-order chi connectivity index (χ0) is 35.3. The summed E-state index contributed by atoms with van der Waals surface area (Å²) in [5.74, 6) is -8.03. The quantitative estimate of drug-likeness (QED) is 0.0978. The van der Waals surface area contributed by atoms with Gasteiger partial charge in [-0.3, -0.25) is 29.3 Å². The number of nitrogens with zero attached hydrogens (tertiary/aromatic N) is 3. The van der Waals surface area contributed by atoms with E-state index >= 15 is 0 Å². The zero-order valence-electron chi connectivity index (χ0n) is 25.0. The predicted octanol–water partition coefficient (Wildman–Crippen LogP) is 6.74. The van der Waals surface area contributed by atoms with Crippen molar-refractivity contribution in [2.24, 2.45) is 17.8 Å². The standard InChI is InChI=1S/C33H22Br2Cl2FN3O8/c1-49-22-12-20(25(34)26(35)27(22)42)24-18-9-10-19-23(29(44)39(28(19)43)16-3-2-4-17(11-16)41(47)48)21(18)13-32(36)30(45)40(31(46)33(24,32)37)15-7-5-14(38)6-8-15/h2-9,11-12,19,21,23-24,42H,10,13H2,1H3. The van der Waals surface area contributed by atoms with Crippen LogP contribution in [0.25, 0.3) is 0 Å². The van der Waals surface area contributed by atoms with Crippen LogP contribution in [0, 0.1) is 33.7 Å². The van der Waals surface area contributed by atoms with Crippen LogP contribution in [0.15, 0.2) is 75.2 Å².